The monoisotopic (exact) mass is 409 g/mol. The molecule has 0 fully saturated rings. The maximum Gasteiger partial charge on any atom is 0.257 e. The van der Waals surface area contributed by atoms with Gasteiger partial charge in [0, 0.05) is 19.7 Å². The van der Waals surface area contributed by atoms with Crippen LogP contribution in [-0.4, -0.2) is 37.7 Å². The summed E-state index contributed by atoms with van der Waals surface area (Å²) in [5.41, 5.74) is 2.04. The summed E-state index contributed by atoms with van der Waals surface area (Å²) >= 11 is 7.37. The highest BCUT2D eigenvalue weighted by molar-refractivity contribution is 7.89. The van der Waals surface area contributed by atoms with Gasteiger partial charge in [-0.2, -0.15) is 0 Å². The number of anilines is 1. The minimum atomic E-state index is -3.75. The van der Waals surface area contributed by atoms with Crippen LogP contribution >= 0.6 is 22.9 Å². The zero-order chi connectivity index (χ0) is 19.1. The Bertz CT molecular complexity index is 1110. The molecule has 0 radical (unpaired) electrons. The van der Waals surface area contributed by atoms with Crippen molar-refractivity contribution in [2.75, 3.05) is 19.4 Å². The van der Waals surface area contributed by atoms with Gasteiger partial charge in [0.25, 0.3) is 5.91 Å². The van der Waals surface area contributed by atoms with Crippen molar-refractivity contribution in [1.82, 2.24) is 9.29 Å². The van der Waals surface area contributed by atoms with Crippen molar-refractivity contribution < 1.29 is 13.2 Å². The molecular formula is C17H16ClN3O3S2. The number of benzene rings is 2. The highest BCUT2D eigenvalue weighted by atomic mass is 35.5. The standard InChI is InChI=1S/C17H16ClN3O3S2/c1-10-5-4-6-13-15(10)19-17(25-13)20-16(22)11-7-8-12(18)14(9-11)26(23,24)21(2)3/h4-9H,1-3H3,(H,19,20,22). The Morgan fingerprint density at radius 2 is 1.96 bits per heavy atom. The summed E-state index contributed by atoms with van der Waals surface area (Å²) < 4.78 is 26.7. The predicted octanol–water partition coefficient (Wildman–Crippen LogP) is 3.76. The SMILES string of the molecule is Cc1cccc2sc(NC(=O)c3ccc(Cl)c(S(=O)(=O)N(C)C)c3)nc12. The summed E-state index contributed by atoms with van der Waals surface area (Å²) in [4.78, 5) is 16.9. The van der Waals surface area contributed by atoms with Gasteiger partial charge in [0.2, 0.25) is 10.0 Å². The number of aromatic nitrogens is 1. The average Bonchev–Trinajstić information content (AvgIpc) is 2.98. The molecule has 0 bridgehead atoms. The molecule has 9 heteroatoms. The van der Waals surface area contributed by atoms with Crippen LogP contribution in [0, 0.1) is 6.92 Å². The van der Waals surface area contributed by atoms with E-state index in [0.29, 0.717) is 5.13 Å². The first-order valence-corrected chi connectivity index (χ1v) is 10.2. The minimum Gasteiger partial charge on any atom is -0.298 e. The lowest BCUT2D eigenvalue weighted by atomic mass is 10.2. The molecule has 136 valence electrons. The van der Waals surface area contributed by atoms with Crippen molar-refractivity contribution in [3.8, 4) is 0 Å². The Kier molecular flexibility index (Phi) is 5.03. The molecule has 0 saturated carbocycles. The number of aryl methyl sites for hydroxylation is 1. The molecule has 0 atom stereocenters. The number of nitrogens with one attached hydrogen (secondary N) is 1. The number of halogens is 1. The summed E-state index contributed by atoms with van der Waals surface area (Å²) in [6.45, 7) is 1.95. The molecule has 0 saturated heterocycles. The predicted molar refractivity (Wildman–Crippen MR) is 105 cm³/mol. The summed E-state index contributed by atoms with van der Waals surface area (Å²) in [5, 5.41) is 3.23. The fraction of sp³-hybridized carbons (Fsp3) is 0.176. The fourth-order valence-electron chi connectivity index (χ4n) is 2.35. The first kappa shape index (κ1) is 18.8. The largest absolute Gasteiger partial charge is 0.298 e. The van der Waals surface area contributed by atoms with E-state index in [9.17, 15) is 13.2 Å². The topological polar surface area (TPSA) is 79.4 Å². The number of hydrogen-bond acceptors (Lipinski definition) is 5. The van der Waals surface area contributed by atoms with Crippen LogP contribution in [0.15, 0.2) is 41.3 Å². The quantitative estimate of drug-likeness (QED) is 0.711. The maximum atomic E-state index is 12.5. The number of hydrogen-bond donors (Lipinski definition) is 1. The zero-order valence-electron chi connectivity index (χ0n) is 14.3. The van der Waals surface area contributed by atoms with E-state index < -0.39 is 15.9 Å². The summed E-state index contributed by atoms with van der Waals surface area (Å²) in [6.07, 6.45) is 0. The van der Waals surface area contributed by atoms with Crippen molar-refractivity contribution in [2.24, 2.45) is 0 Å². The van der Waals surface area contributed by atoms with Crippen LogP contribution in [-0.2, 0) is 10.0 Å². The van der Waals surface area contributed by atoms with Crippen molar-refractivity contribution in [1.29, 1.82) is 0 Å². The second-order valence-corrected chi connectivity index (χ2v) is 9.39. The van der Waals surface area contributed by atoms with Gasteiger partial charge in [0.05, 0.1) is 15.2 Å². The third-order valence-electron chi connectivity index (χ3n) is 3.79. The van der Waals surface area contributed by atoms with Gasteiger partial charge in [-0.3, -0.25) is 10.1 Å². The number of amides is 1. The number of rotatable bonds is 4. The number of fused-ring (bicyclic) bond motifs is 1. The number of sulfonamides is 1. The highest BCUT2D eigenvalue weighted by Crippen LogP contribution is 2.29. The number of carbonyl (C=O) groups is 1. The van der Waals surface area contributed by atoms with Crippen LogP contribution in [0.25, 0.3) is 10.2 Å². The van der Waals surface area contributed by atoms with E-state index in [1.54, 1.807) is 0 Å². The van der Waals surface area contributed by atoms with Gasteiger partial charge < -0.3 is 0 Å². The lowest BCUT2D eigenvalue weighted by Crippen LogP contribution is -2.23. The number of para-hydroxylation sites is 1. The highest BCUT2D eigenvalue weighted by Gasteiger charge is 2.22. The molecule has 0 unspecified atom stereocenters. The van der Waals surface area contributed by atoms with Gasteiger partial charge in [-0.25, -0.2) is 17.7 Å². The molecule has 1 aromatic heterocycles. The Morgan fingerprint density at radius 1 is 1.23 bits per heavy atom. The second kappa shape index (κ2) is 6.96. The summed E-state index contributed by atoms with van der Waals surface area (Å²) in [5.74, 6) is -0.450. The van der Waals surface area contributed by atoms with Gasteiger partial charge in [0.1, 0.15) is 4.90 Å². The number of nitrogens with zero attached hydrogens (tertiary/aromatic N) is 2. The molecule has 0 aliphatic heterocycles. The molecule has 0 aliphatic carbocycles. The maximum absolute atomic E-state index is 12.5. The molecule has 3 aromatic rings. The zero-order valence-corrected chi connectivity index (χ0v) is 16.7. The average molecular weight is 410 g/mol. The molecule has 6 nitrogen and oxygen atoms in total. The molecule has 1 N–H and O–H groups in total. The second-order valence-electron chi connectivity index (χ2n) is 5.83. The minimum absolute atomic E-state index is 0.0610. The van der Waals surface area contributed by atoms with Crippen LogP contribution in [0.5, 0.6) is 0 Å². The van der Waals surface area contributed by atoms with E-state index in [2.05, 4.69) is 10.3 Å². The Morgan fingerprint density at radius 3 is 2.62 bits per heavy atom. The lowest BCUT2D eigenvalue weighted by Gasteiger charge is -2.13. The van der Waals surface area contributed by atoms with Crippen LogP contribution in [0.1, 0.15) is 15.9 Å². The van der Waals surface area contributed by atoms with Gasteiger partial charge in [-0.1, -0.05) is 35.1 Å². The van der Waals surface area contributed by atoms with Crippen LogP contribution in [0.2, 0.25) is 5.02 Å². The molecular weight excluding hydrogens is 394 g/mol. The van der Waals surface area contributed by atoms with Gasteiger partial charge >= 0.3 is 0 Å². The Balaban J connectivity index is 1.94. The third kappa shape index (κ3) is 3.45. The Hall–Kier alpha value is -2.00. The van der Waals surface area contributed by atoms with Crippen LogP contribution in [0.4, 0.5) is 5.13 Å². The number of carbonyl (C=O) groups excluding carboxylic acids is 1. The molecule has 0 spiro atoms. The van der Waals surface area contributed by atoms with E-state index in [1.807, 2.05) is 25.1 Å². The summed E-state index contributed by atoms with van der Waals surface area (Å²) in [7, 11) is -0.945. The molecule has 1 heterocycles. The van der Waals surface area contributed by atoms with Crippen LogP contribution < -0.4 is 5.32 Å². The van der Waals surface area contributed by atoms with E-state index in [0.717, 1.165) is 20.1 Å². The summed E-state index contributed by atoms with van der Waals surface area (Å²) in [6, 6.07) is 9.95. The molecule has 0 aliphatic rings. The van der Waals surface area contributed by atoms with Crippen LogP contribution in [0.3, 0.4) is 0 Å². The third-order valence-corrected chi connectivity index (χ3v) is 7.03. The lowest BCUT2D eigenvalue weighted by molar-refractivity contribution is 0.102. The smallest absolute Gasteiger partial charge is 0.257 e. The van der Waals surface area contributed by atoms with Crippen molar-refractivity contribution in [3.05, 3.63) is 52.5 Å². The first-order valence-electron chi connectivity index (χ1n) is 7.60. The van der Waals surface area contributed by atoms with E-state index in [4.69, 9.17) is 11.6 Å². The Labute approximate surface area is 160 Å². The van der Waals surface area contributed by atoms with Crippen molar-refractivity contribution in [2.45, 2.75) is 11.8 Å². The normalized spacial score (nSPS) is 11.9. The molecule has 3 rings (SSSR count). The molecule has 26 heavy (non-hydrogen) atoms. The van der Waals surface area contributed by atoms with E-state index >= 15 is 0 Å². The van der Waals surface area contributed by atoms with E-state index in [1.165, 1.54) is 43.6 Å². The van der Waals surface area contributed by atoms with Crippen molar-refractivity contribution in [3.63, 3.8) is 0 Å². The van der Waals surface area contributed by atoms with Crippen molar-refractivity contribution >= 4 is 54.2 Å². The van der Waals surface area contributed by atoms with Gasteiger partial charge in [-0.05, 0) is 36.8 Å². The van der Waals surface area contributed by atoms with E-state index in [-0.39, 0.29) is 15.5 Å². The van der Waals surface area contributed by atoms with Gasteiger partial charge in [0.15, 0.2) is 5.13 Å². The molecule has 1 amide bonds. The molecule has 2 aromatic carbocycles. The number of thiazole rings is 1. The first-order chi connectivity index (χ1) is 12.2. The fourth-order valence-corrected chi connectivity index (χ4v) is 4.68. The van der Waals surface area contributed by atoms with Gasteiger partial charge in [-0.15, -0.1) is 0 Å².